The van der Waals surface area contributed by atoms with E-state index >= 15 is 0 Å². The Balaban J connectivity index is 1.24. The van der Waals surface area contributed by atoms with Gasteiger partial charge in [0.05, 0.1) is 17.8 Å². The number of para-hydroxylation sites is 1. The minimum atomic E-state index is 0.391. The molecule has 2 heterocycles. The molecule has 0 saturated heterocycles. The van der Waals surface area contributed by atoms with Gasteiger partial charge in [-0.15, -0.1) is 9.78 Å². The van der Waals surface area contributed by atoms with Crippen LogP contribution in [-0.4, -0.2) is 31.8 Å². The molecule has 30 heavy (non-hydrogen) atoms. The van der Waals surface area contributed by atoms with Crippen molar-refractivity contribution in [2.75, 3.05) is 6.61 Å². The standard InChI is InChI=1S/C22H20N6O2/c23-16-28-22(25-26-27-28)10-3-4-13-29-19-7-5-8-20(14-19)30-15-18-12-11-17-6-1-2-9-21(17)24-18/h1-2,5-9,11-12,14H,3-4,10,13,15H2. The minimum Gasteiger partial charge on any atom is -0.493 e. The van der Waals surface area contributed by atoms with Crippen molar-refractivity contribution < 1.29 is 9.47 Å². The lowest BCUT2D eigenvalue weighted by Crippen LogP contribution is -2.03. The number of aryl methyl sites for hydroxylation is 1. The first kappa shape index (κ1) is 19.3. The number of hydrogen-bond donors (Lipinski definition) is 0. The minimum absolute atomic E-state index is 0.391. The first-order valence-corrected chi connectivity index (χ1v) is 9.69. The van der Waals surface area contributed by atoms with Crippen LogP contribution in [0.5, 0.6) is 11.5 Å². The number of aromatic nitrogens is 5. The molecule has 4 aromatic rings. The average molecular weight is 400 g/mol. The zero-order valence-corrected chi connectivity index (χ0v) is 16.3. The van der Waals surface area contributed by atoms with E-state index in [0.717, 1.165) is 45.6 Å². The summed E-state index contributed by atoms with van der Waals surface area (Å²) in [6, 6.07) is 19.6. The number of nitrogens with zero attached hydrogens (tertiary/aromatic N) is 6. The summed E-state index contributed by atoms with van der Waals surface area (Å²) in [7, 11) is 0. The molecule has 0 aliphatic heterocycles. The summed E-state index contributed by atoms with van der Waals surface area (Å²) >= 11 is 0. The maximum absolute atomic E-state index is 8.88. The van der Waals surface area contributed by atoms with Crippen molar-refractivity contribution in [3.8, 4) is 17.7 Å². The molecule has 0 bridgehead atoms. The van der Waals surface area contributed by atoms with E-state index in [2.05, 4.69) is 26.6 Å². The maximum atomic E-state index is 8.88. The lowest BCUT2D eigenvalue weighted by Gasteiger charge is -2.10. The van der Waals surface area contributed by atoms with E-state index in [9.17, 15) is 0 Å². The summed E-state index contributed by atoms with van der Waals surface area (Å²) < 4.78 is 12.8. The normalized spacial score (nSPS) is 10.6. The monoisotopic (exact) mass is 400 g/mol. The fraction of sp³-hybridized carbons (Fsp3) is 0.227. The van der Waals surface area contributed by atoms with Crippen molar-refractivity contribution in [2.45, 2.75) is 25.9 Å². The van der Waals surface area contributed by atoms with Crippen LogP contribution < -0.4 is 9.47 Å². The van der Waals surface area contributed by atoms with Gasteiger partial charge in [0.1, 0.15) is 18.1 Å². The number of benzene rings is 2. The molecule has 0 aliphatic rings. The molecule has 0 spiro atoms. The zero-order valence-electron chi connectivity index (χ0n) is 16.3. The average Bonchev–Trinajstić information content (AvgIpc) is 3.25. The Hall–Kier alpha value is -3.99. The number of hydrogen-bond acceptors (Lipinski definition) is 7. The van der Waals surface area contributed by atoms with Gasteiger partial charge in [-0.3, -0.25) is 0 Å². The Labute approximate surface area is 173 Å². The Kier molecular flexibility index (Phi) is 6.11. The Morgan fingerprint density at radius 2 is 1.80 bits per heavy atom. The third kappa shape index (κ3) is 4.89. The highest BCUT2D eigenvalue weighted by Crippen LogP contribution is 2.21. The Morgan fingerprint density at radius 1 is 0.933 bits per heavy atom. The number of ether oxygens (including phenoxy) is 2. The van der Waals surface area contributed by atoms with Gasteiger partial charge in [0.25, 0.3) is 0 Å². The number of pyridine rings is 1. The van der Waals surface area contributed by atoms with Crippen LogP contribution in [0.15, 0.2) is 60.7 Å². The number of fused-ring (bicyclic) bond motifs is 1. The number of tetrazole rings is 1. The topological polar surface area (TPSA) is 98.7 Å². The first-order valence-electron chi connectivity index (χ1n) is 9.69. The zero-order chi connectivity index (χ0) is 20.6. The van der Waals surface area contributed by atoms with Gasteiger partial charge >= 0.3 is 0 Å². The van der Waals surface area contributed by atoms with Gasteiger partial charge in [0.15, 0.2) is 5.82 Å². The Morgan fingerprint density at radius 3 is 2.70 bits per heavy atom. The molecule has 8 nitrogen and oxygen atoms in total. The van der Waals surface area contributed by atoms with Crippen molar-refractivity contribution in [2.24, 2.45) is 0 Å². The van der Waals surface area contributed by atoms with Crippen LogP contribution in [0.1, 0.15) is 24.4 Å². The summed E-state index contributed by atoms with van der Waals surface area (Å²) in [5.74, 6) is 2.05. The molecule has 0 amide bonds. The number of unbranched alkanes of at least 4 members (excludes halogenated alkanes) is 1. The van der Waals surface area contributed by atoms with Crippen LogP contribution in [0.4, 0.5) is 0 Å². The lowest BCUT2D eigenvalue weighted by atomic mass is 10.2. The highest BCUT2D eigenvalue weighted by atomic mass is 16.5. The number of rotatable bonds is 9. The predicted octanol–water partition coefficient (Wildman–Crippen LogP) is 3.53. The molecule has 4 rings (SSSR count). The molecular formula is C22H20N6O2. The third-order valence-electron chi connectivity index (χ3n) is 4.54. The van der Waals surface area contributed by atoms with Gasteiger partial charge in [-0.1, -0.05) is 30.3 Å². The molecule has 0 N–H and O–H groups in total. The molecule has 0 radical (unpaired) electrons. The van der Waals surface area contributed by atoms with E-state index in [-0.39, 0.29) is 0 Å². The summed E-state index contributed by atoms with van der Waals surface area (Å²) in [6.07, 6.45) is 4.19. The summed E-state index contributed by atoms with van der Waals surface area (Å²) in [6.45, 7) is 0.950. The van der Waals surface area contributed by atoms with Gasteiger partial charge in [-0.25, -0.2) is 4.98 Å². The van der Waals surface area contributed by atoms with E-state index in [0.29, 0.717) is 25.5 Å². The third-order valence-corrected chi connectivity index (χ3v) is 4.54. The molecule has 2 aromatic carbocycles. The summed E-state index contributed by atoms with van der Waals surface area (Å²) in [5.41, 5.74) is 1.83. The molecule has 8 heteroatoms. The molecule has 2 aromatic heterocycles. The summed E-state index contributed by atoms with van der Waals surface area (Å²) in [4.78, 5) is 4.62. The van der Waals surface area contributed by atoms with Crippen LogP contribution in [0.25, 0.3) is 10.9 Å². The fourth-order valence-electron chi connectivity index (χ4n) is 3.01. The van der Waals surface area contributed by atoms with Crippen LogP contribution in [0.2, 0.25) is 0 Å². The molecule has 0 fully saturated rings. The smallest absolute Gasteiger partial charge is 0.209 e. The maximum Gasteiger partial charge on any atom is 0.209 e. The molecule has 0 unspecified atom stereocenters. The highest BCUT2D eigenvalue weighted by Gasteiger charge is 2.05. The van der Waals surface area contributed by atoms with E-state index in [1.807, 2.05) is 60.8 Å². The van der Waals surface area contributed by atoms with Gasteiger partial charge in [0, 0.05) is 17.9 Å². The molecule has 150 valence electrons. The first-order chi connectivity index (χ1) is 14.8. The van der Waals surface area contributed by atoms with Gasteiger partial charge < -0.3 is 9.47 Å². The second-order valence-electron chi connectivity index (χ2n) is 6.67. The quantitative estimate of drug-likeness (QED) is 0.396. The van der Waals surface area contributed by atoms with Gasteiger partial charge in [0.2, 0.25) is 6.19 Å². The Bertz CT molecular complexity index is 1170. The molecule has 0 aliphatic carbocycles. The van der Waals surface area contributed by atoms with Crippen LogP contribution in [0, 0.1) is 11.5 Å². The van der Waals surface area contributed by atoms with Crippen molar-refractivity contribution in [3.05, 3.63) is 72.2 Å². The van der Waals surface area contributed by atoms with Crippen molar-refractivity contribution in [3.63, 3.8) is 0 Å². The predicted molar refractivity (Wildman–Crippen MR) is 110 cm³/mol. The van der Waals surface area contributed by atoms with E-state index in [4.69, 9.17) is 14.7 Å². The second kappa shape index (κ2) is 9.47. The van der Waals surface area contributed by atoms with Crippen molar-refractivity contribution in [1.82, 2.24) is 25.2 Å². The van der Waals surface area contributed by atoms with E-state index < -0.39 is 0 Å². The van der Waals surface area contributed by atoms with E-state index in [1.54, 1.807) is 0 Å². The van der Waals surface area contributed by atoms with Gasteiger partial charge in [-0.05, 0) is 47.5 Å². The van der Waals surface area contributed by atoms with Crippen LogP contribution in [-0.2, 0) is 13.0 Å². The SMILES string of the molecule is N#Cn1nnnc1CCCCOc1cccc(OCc2ccc3ccccc3n2)c1. The van der Waals surface area contributed by atoms with Gasteiger partial charge in [-0.2, -0.15) is 5.26 Å². The largest absolute Gasteiger partial charge is 0.493 e. The number of nitriles is 1. The molecule has 0 atom stereocenters. The second-order valence-corrected chi connectivity index (χ2v) is 6.67. The molecule has 0 saturated carbocycles. The van der Waals surface area contributed by atoms with Crippen molar-refractivity contribution >= 4 is 10.9 Å². The van der Waals surface area contributed by atoms with Crippen molar-refractivity contribution in [1.29, 1.82) is 5.26 Å². The summed E-state index contributed by atoms with van der Waals surface area (Å²) in [5, 5.41) is 20.9. The highest BCUT2D eigenvalue weighted by molar-refractivity contribution is 5.78. The molecular weight excluding hydrogens is 380 g/mol. The van der Waals surface area contributed by atoms with Crippen LogP contribution >= 0.6 is 0 Å². The van der Waals surface area contributed by atoms with Crippen LogP contribution in [0.3, 0.4) is 0 Å². The fourth-order valence-corrected chi connectivity index (χ4v) is 3.01. The van der Waals surface area contributed by atoms with E-state index in [1.165, 1.54) is 0 Å². The lowest BCUT2D eigenvalue weighted by molar-refractivity contribution is 0.288.